The van der Waals surface area contributed by atoms with Gasteiger partial charge in [-0.25, -0.2) is 9.13 Å². The van der Waals surface area contributed by atoms with Gasteiger partial charge in [0.1, 0.15) is 19.3 Å². The molecule has 0 saturated heterocycles. The van der Waals surface area contributed by atoms with Crippen molar-refractivity contribution >= 4 is 39.5 Å². The lowest BCUT2D eigenvalue weighted by molar-refractivity contribution is -0.161. The van der Waals surface area contributed by atoms with Gasteiger partial charge in [0.25, 0.3) is 0 Å². The standard InChI is InChI=1S/C77H138O17P2/c1-5-9-13-17-21-25-29-33-35-39-41-45-49-53-57-61-74(79)87-67-72(93-76(81)63-59-55-51-47-43-37-31-27-23-19-15-11-7-3)69-91-95(83,84)89-65-71(78)66-90-96(85,86)92-70-73(94-77(82)64-60-56-52-48-44-38-32-28-24-20-16-12-8-4)68-88-75(80)62-58-54-50-46-42-40-36-34-30-26-22-18-14-10-6-2/h15,19,21-22,25-27,31,33-36,71-73,78H,5-14,16-18,20,23-24,28-30,32,37-70H2,1-4H3,(H,83,84)(H,85,86)/b19-15-,25-21-,26-22-,31-27-,35-33-,36-34-. The van der Waals surface area contributed by atoms with Gasteiger partial charge in [0.2, 0.25) is 0 Å². The molecule has 0 aliphatic rings. The Morgan fingerprint density at radius 3 is 0.833 bits per heavy atom. The molecule has 19 heteroatoms. The van der Waals surface area contributed by atoms with Crippen molar-refractivity contribution in [2.75, 3.05) is 39.6 Å². The zero-order chi connectivity index (χ0) is 70.4. The molecule has 558 valence electrons. The number of hydrogen-bond acceptors (Lipinski definition) is 15. The lowest BCUT2D eigenvalue weighted by atomic mass is 10.0. The summed E-state index contributed by atoms with van der Waals surface area (Å²) in [6.45, 7) is 4.75. The molecular weight excluding hydrogens is 1260 g/mol. The molecule has 17 nitrogen and oxygen atoms in total. The smallest absolute Gasteiger partial charge is 0.462 e. The molecular formula is C77H138O17P2. The monoisotopic (exact) mass is 1400 g/mol. The summed E-state index contributed by atoms with van der Waals surface area (Å²) in [6, 6.07) is 0. The molecule has 0 rings (SSSR count). The van der Waals surface area contributed by atoms with E-state index in [0.717, 1.165) is 167 Å². The van der Waals surface area contributed by atoms with E-state index in [9.17, 15) is 43.2 Å². The van der Waals surface area contributed by atoms with Crippen molar-refractivity contribution in [3.05, 3.63) is 72.9 Å². The fourth-order valence-corrected chi connectivity index (χ4v) is 11.8. The van der Waals surface area contributed by atoms with Gasteiger partial charge in [-0.05, 0) is 116 Å². The second kappa shape index (κ2) is 70.0. The molecule has 0 aromatic carbocycles. The molecule has 0 aliphatic heterocycles. The number of phosphoric ester groups is 2. The Kier molecular flexibility index (Phi) is 67.4. The first-order chi connectivity index (χ1) is 46.7. The first-order valence-corrected chi connectivity index (χ1v) is 41.2. The third kappa shape index (κ3) is 69.0. The number of unbranched alkanes of at least 4 members (excludes halogenated alkanes) is 34. The largest absolute Gasteiger partial charge is 0.472 e. The summed E-state index contributed by atoms with van der Waals surface area (Å²) < 4.78 is 68.4. The van der Waals surface area contributed by atoms with Crippen molar-refractivity contribution < 1.29 is 80.2 Å². The van der Waals surface area contributed by atoms with Crippen LogP contribution >= 0.6 is 15.6 Å². The lowest BCUT2D eigenvalue weighted by Crippen LogP contribution is -2.30. The van der Waals surface area contributed by atoms with Crippen LogP contribution < -0.4 is 0 Å². The van der Waals surface area contributed by atoms with E-state index in [1.165, 1.54) is 89.9 Å². The van der Waals surface area contributed by atoms with Crippen LogP contribution in [-0.2, 0) is 65.4 Å². The topological polar surface area (TPSA) is 237 Å². The van der Waals surface area contributed by atoms with Crippen molar-refractivity contribution in [1.82, 2.24) is 0 Å². The van der Waals surface area contributed by atoms with Gasteiger partial charge in [-0.15, -0.1) is 0 Å². The summed E-state index contributed by atoms with van der Waals surface area (Å²) in [5, 5.41) is 10.6. The molecule has 3 N–H and O–H groups in total. The number of ether oxygens (including phenoxy) is 4. The quantitative estimate of drug-likeness (QED) is 0.0169. The van der Waals surface area contributed by atoms with Crippen LogP contribution in [0, 0.1) is 0 Å². The Balaban J connectivity index is 5.34. The number of phosphoric acid groups is 2. The first kappa shape index (κ1) is 92.5. The maximum absolute atomic E-state index is 13.1. The molecule has 5 unspecified atom stereocenters. The molecule has 0 aromatic rings. The molecule has 0 fully saturated rings. The van der Waals surface area contributed by atoms with E-state index in [-0.39, 0.29) is 25.7 Å². The average Bonchev–Trinajstić information content (AvgIpc) is 1.15. The molecule has 0 radical (unpaired) electrons. The fourth-order valence-electron chi connectivity index (χ4n) is 10.3. The minimum absolute atomic E-state index is 0.0777. The summed E-state index contributed by atoms with van der Waals surface area (Å²) >= 11 is 0. The number of allylic oxidation sites excluding steroid dienone is 12. The molecule has 0 bridgehead atoms. The first-order valence-electron chi connectivity index (χ1n) is 38.2. The minimum atomic E-state index is -4.97. The van der Waals surface area contributed by atoms with Gasteiger partial charge in [-0.1, -0.05) is 268 Å². The van der Waals surface area contributed by atoms with Crippen LogP contribution in [-0.4, -0.2) is 96.7 Å². The van der Waals surface area contributed by atoms with Gasteiger partial charge in [-0.3, -0.25) is 37.3 Å². The number of rotatable bonds is 72. The second-order valence-electron chi connectivity index (χ2n) is 25.6. The van der Waals surface area contributed by atoms with Crippen molar-refractivity contribution in [3.8, 4) is 0 Å². The molecule has 0 heterocycles. The molecule has 96 heavy (non-hydrogen) atoms. The van der Waals surface area contributed by atoms with Crippen molar-refractivity contribution in [2.24, 2.45) is 0 Å². The Morgan fingerprint density at radius 2 is 0.531 bits per heavy atom. The predicted molar refractivity (Wildman–Crippen MR) is 390 cm³/mol. The summed E-state index contributed by atoms with van der Waals surface area (Å²) in [5.74, 6) is -2.20. The number of aliphatic hydroxyl groups excluding tert-OH is 1. The maximum Gasteiger partial charge on any atom is 0.472 e. The van der Waals surface area contributed by atoms with Gasteiger partial charge in [0, 0.05) is 25.7 Å². The van der Waals surface area contributed by atoms with E-state index in [4.69, 9.17) is 37.0 Å². The Labute approximate surface area is 583 Å². The van der Waals surface area contributed by atoms with Crippen molar-refractivity contribution in [2.45, 2.75) is 354 Å². The van der Waals surface area contributed by atoms with Crippen LogP contribution in [0.15, 0.2) is 72.9 Å². The SMILES string of the molecule is CCC/C=C\C/C=C\CCCCCCCC(=O)OC(COC(=O)CCCCCCC/C=C\C/C=C\CCCCC)COP(=O)(O)OCC(O)COP(=O)(O)OCC(COC(=O)CCCCCCC/C=C\C/C=C\CCCCC)OC(=O)CCCCCCCCCCCCCCC. The van der Waals surface area contributed by atoms with Gasteiger partial charge in [-0.2, -0.15) is 0 Å². The molecule has 0 spiro atoms. The van der Waals surface area contributed by atoms with Crippen LogP contribution in [0.25, 0.3) is 0 Å². The van der Waals surface area contributed by atoms with Crippen molar-refractivity contribution in [1.29, 1.82) is 0 Å². The zero-order valence-electron chi connectivity index (χ0n) is 60.8. The van der Waals surface area contributed by atoms with Gasteiger partial charge < -0.3 is 33.8 Å². The highest BCUT2D eigenvalue weighted by molar-refractivity contribution is 7.47. The number of carbonyl (C=O) groups excluding carboxylic acids is 4. The highest BCUT2D eigenvalue weighted by Gasteiger charge is 2.30. The molecule has 0 aromatic heterocycles. The van der Waals surface area contributed by atoms with Gasteiger partial charge in [0.15, 0.2) is 12.2 Å². The number of esters is 4. The molecule has 0 aliphatic carbocycles. The molecule has 0 saturated carbocycles. The summed E-state index contributed by atoms with van der Waals surface area (Å²) in [4.78, 5) is 72.8. The lowest BCUT2D eigenvalue weighted by Gasteiger charge is -2.21. The van der Waals surface area contributed by atoms with Gasteiger partial charge >= 0.3 is 39.5 Å². The Bertz CT molecular complexity index is 2110. The zero-order valence-corrected chi connectivity index (χ0v) is 62.6. The normalized spacial score (nSPS) is 14.4. The third-order valence-electron chi connectivity index (χ3n) is 16.1. The number of carbonyl (C=O) groups is 4. The van der Waals surface area contributed by atoms with Crippen LogP contribution in [0.4, 0.5) is 0 Å². The third-order valence-corrected chi connectivity index (χ3v) is 18.0. The Morgan fingerprint density at radius 1 is 0.292 bits per heavy atom. The highest BCUT2D eigenvalue weighted by atomic mass is 31.2. The summed E-state index contributed by atoms with van der Waals surface area (Å²) in [6.07, 6.45) is 68.8. The summed E-state index contributed by atoms with van der Waals surface area (Å²) in [7, 11) is -9.94. The number of aliphatic hydroxyl groups is 1. The van der Waals surface area contributed by atoms with E-state index < -0.39 is 97.5 Å². The minimum Gasteiger partial charge on any atom is -0.462 e. The summed E-state index contributed by atoms with van der Waals surface area (Å²) in [5.41, 5.74) is 0. The highest BCUT2D eigenvalue weighted by Crippen LogP contribution is 2.45. The van der Waals surface area contributed by atoms with Crippen LogP contribution in [0.3, 0.4) is 0 Å². The fraction of sp³-hybridized carbons (Fsp3) is 0.792. The predicted octanol–water partition coefficient (Wildman–Crippen LogP) is 21.7. The average molecular weight is 1400 g/mol. The van der Waals surface area contributed by atoms with Crippen LogP contribution in [0.2, 0.25) is 0 Å². The van der Waals surface area contributed by atoms with E-state index in [0.29, 0.717) is 25.7 Å². The van der Waals surface area contributed by atoms with Gasteiger partial charge in [0.05, 0.1) is 26.4 Å². The van der Waals surface area contributed by atoms with Crippen molar-refractivity contribution in [3.63, 3.8) is 0 Å². The number of hydrogen-bond donors (Lipinski definition) is 3. The van der Waals surface area contributed by atoms with E-state index in [1.54, 1.807) is 0 Å². The molecule has 0 amide bonds. The van der Waals surface area contributed by atoms with E-state index in [2.05, 4.69) is 101 Å². The van der Waals surface area contributed by atoms with Crippen LogP contribution in [0.5, 0.6) is 0 Å². The maximum atomic E-state index is 13.1. The van der Waals surface area contributed by atoms with Crippen LogP contribution in [0.1, 0.15) is 336 Å². The second-order valence-corrected chi connectivity index (χ2v) is 28.5. The molecule has 5 atom stereocenters. The van der Waals surface area contributed by atoms with E-state index >= 15 is 0 Å². The van der Waals surface area contributed by atoms with E-state index in [1.807, 2.05) is 0 Å². The Hall–Kier alpha value is -3.50.